The molecule has 0 amide bonds. The first-order valence-corrected chi connectivity index (χ1v) is 7.42. The molecule has 0 spiro atoms. The molecule has 0 fully saturated rings. The second kappa shape index (κ2) is 3.35. The second-order valence-electron chi connectivity index (χ2n) is 6.32. The lowest BCUT2D eigenvalue weighted by Gasteiger charge is -2.41. The van der Waals surface area contributed by atoms with Crippen molar-refractivity contribution in [1.29, 1.82) is 0 Å². The van der Waals surface area contributed by atoms with Gasteiger partial charge in [0.2, 0.25) is 0 Å². The lowest BCUT2D eigenvalue weighted by molar-refractivity contribution is 0.382. The SMILES string of the molecule is Cc1ccc2c(c1)S(=O)(=O)C(C)(C)CC2(C)C. The van der Waals surface area contributed by atoms with Crippen molar-refractivity contribution < 1.29 is 8.42 Å². The van der Waals surface area contributed by atoms with Crippen molar-refractivity contribution in [1.82, 2.24) is 0 Å². The molecule has 1 aromatic carbocycles. The fraction of sp³-hybridized carbons (Fsp3) is 0.571. The Morgan fingerprint density at radius 3 is 2.29 bits per heavy atom. The highest BCUT2D eigenvalue weighted by Gasteiger charge is 2.47. The summed E-state index contributed by atoms with van der Waals surface area (Å²) in [6.45, 7) is 9.84. The Bertz CT molecular complexity index is 566. The molecular formula is C14H20O2S. The summed E-state index contributed by atoms with van der Waals surface area (Å²) in [5.41, 5.74) is 1.88. The maximum absolute atomic E-state index is 12.6. The molecule has 0 saturated heterocycles. The van der Waals surface area contributed by atoms with E-state index in [1.807, 2.05) is 39.0 Å². The Labute approximate surface area is 104 Å². The normalized spacial score (nSPS) is 24.1. The van der Waals surface area contributed by atoms with Gasteiger partial charge in [0, 0.05) is 0 Å². The number of rotatable bonds is 0. The molecule has 1 aliphatic heterocycles. The number of aryl methyl sites for hydroxylation is 1. The Hall–Kier alpha value is -0.830. The van der Waals surface area contributed by atoms with Gasteiger partial charge in [-0.1, -0.05) is 26.0 Å². The summed E-state index contributed by atoms with van der Waals surface area (Å²) in [4.78, 5) is 0.527. The monoisotopic (exact) mass is 252 g/mol. The topological polar surface area (TPSA) is 34.1 Å². The fourth-order valence-corrected chi connectivity index (χ4v) is 5.08. The van der Waals surface area contributed by atoms with Crippen LogP contribution < -0.4 is 0 Å². The molecule has 3 heteroatoms. The zero-order valence-electron chi connectivity index (χ0n) is 11.2. The van der Waals surface area contributed by atoms with Gasteiger partial charge in [-0.05, 0) is 49.8 Å². The fourth-order valence-electron chi connectivity index (χ4n) is 2.96. The summed E-state index contributed by atoms with van der Waals surface area (Å²) in [5.74, 6) is 0. The highest BCUT2D eigenvalue weighted by Crippen LogP contribution is 2.46. The second-order valence-corrected chi connectivity index (χ2v) is 8.88. The molecule has 2 rings (SSSR count). The number of benzene rings is 1. The molecule has 94 valence electrons. The van der Waals surface area contributed by atoms with E-state index in [-0.39, 0.29) is 5.41 Å². The van der Waals surface area contributed by atoms with E-state index in [9.17, 15) is 8.42 Å². The van der Waals surface area contributed by atoms with Gasteiger partial charge in [-0.15, -0.1) is 0 Å². The first-order valence-electron chi connectivity index (χ1n) is 5.94. The zero-order valence-corrected chi connectivity index (χ0v) is 12.0. The largest absolute Gasteiger partial charge is 0.223 e. The van der Waals surface area contributed by atoms with Crippen LogP contribution in [0.3, 0.4) is 0 Å². The van der Waals surface area contributed by atoms with Gasteiger partial charge in [-0.25, -0.2) is 8.42 Å². The van der Waals surface area contributed by atoms with Crippen molar-refractivity contribution in [2.45, 2.75) is 56.1 Å². The summed E-state index contributed by atoms with van der Waals surface area (Å²) in [6.07, 6.45) is 0.665. The number of sulfone groups is 1. The van der Waals surface area contributed by atoms with E-state index in [4.69, 9.17) is 0 Å². The molecule has 0 radical (unpaired) electrons. The predicted octanol–water partition coefficient (Wildman–Crippen LogP) is 3.23. The number of hydrogen-bond acceptors (Lipinski definition) is 2. The molecule has 0 saturated carbocycles. The smallest absolute Gasteiger partial charge is 0.183 e. The summed E-state index contributed by atoms with van der Waals surface area (Å²) in [7, 11) is -3.21. The van der Waals surface area contributed by atoms with Crippen LogP contribution in [-0.2, 0) is 15.3 Å². The van der Waals surface area contributed by atoms with E-state index >= 15 is 0 Å². The highest BCUT2D eigenvalue weighted by molar-refractivity contribution is 7.93. The third-order valence-corrected chi connectivity index (χ3v) is 6.27. The van der Waals surface area contributed by atoms with E-state index in [2.05, 4.69) is 13.8 Å². The average molecular weight is 252 g/mol. The molecule has 2 nitrogen and oxygen atoms in total. The van der Waals surface area contributed by atoms with Gasteiger partial charge in [0.25, 0.3) is 0 Å². The van der Waals surface area contributed by atoms with Crippen molar-refractivity contribution in [3.63, 3.8) is 0 Å². The van der Waals surface area contributed by atoms with Crippen molar-refractivity contribution in [2.24, 2.45) is 0 Å². The average Bonchev–Trinajstić information content (AvgIpc) is 2.13. The minimum absolute atomic E-state index is 0.0855. The maximum atomic E-state index is 12.6. The summed E-state index contributed by atoms with van der Waals surface area (Å²) in [6, 6.07) is 5.78. The van der Waals surface area contributed by atoms with E-state index < -0.39 is 14.6 Å². The van der Waals surface area contributed by atoms with Crippen LogP contribution in [-0.4, -0.2) is 13.2 Å². The third kappa shape index (κ3) is 1.71. The van der Waals surface area contributed by atoms with Crippen LogP contribution in [0.5, 0.6) is 0 Å². The zero-order chi connectivity index (χ0) is 13.1. The third-order valence-electron chi connectivity index (χ3n) is 3.75. The molecule has 1 heterocycles. The summed E-state index contributed by atoms with van der Waals surface area (Å²) < 4.78 is 24.4. The van der Waals surface area contributed by atoms with E-state index in [1.54, 1.807) is 0 Å². The van der Waals surface area contributed by atoms with Crippen molar-refractivity contribution in [2.75, 3.05) is 0 Å². The van der Waals surface area contributed by atoms with Gasteiger partial charge in [0.05, 0.1) is 9.64 Å². The van der Waals surface area contributed by atoms with Crippen LogP contribution in [0.25, 0.3) is 0 Å². The summed E-state index contributed by atoms with van der Waals surface area (Å²) in [5, 5.41) is 0. The molecular weight excluding hydrogens is 232 g/mol. The van der Waals surface area contributed by atoms with Gasteiger partial charge in [0.15, 0.2) is 9.84 Å². The van der Waals surface area contributed by atoms with E-state index in [0.29, 0.717) is 11.3 Å². The molecule has 0 aliphatic carbocycles. The van der Waals surface area contributed by atoms with Crippen LogP contribution in [0.2, 0.25) is 0 Å². The molecule has 0 aromatic heterocycles. The molecule has 17 heavy (non-hydrogen) atoms. The van der Waals surface area contributed by atoms with Gasteiger partial charge < -0.3 is 0 Å². The van der Waals surface area contributed by atoms with Crippen LogP contribution in [0.15, 0.2) is 23.1 Å². The molecule has 1 aromatic rings. The number of fused-ring (bicyclic) bond motifs is 1. The van der Waals surface area contributed by atoms with Gasteiger partial charge >= 0.3 is 0 Å². The molecule has 0 atom stereocenters. The minimum Gasteiger partial charge on any atom is -0.223 e. The van der Waals surface area contributed by atoms with Crippen molar-refractivity contribution in [3.05, 3.63) is 29.3 Å². The van der Waals surface area contributed by atoms with E-state index in [1.165, 1.54) is 0 Å². The van der Waals surface area contributed by atoms with Crippen LogP contribution in [0.4, 0.5) is 0 Å². The Morgan fingerprint density at radius 2 is 1.71 bits per heavy atom. The molecule has 1 aliphatic rings. The van der Waals surface area contributed by atoms with Crippen LogP contribution >= 0.6 is 0 Å². The van der Waals surface area contributed by atoms with Crippen LogP contribution in [0.1, 0.15) is 45.2 Å². The Morgan fingerprint density at radius 1 is 1.12 bits per heavy atom. The molecule has 0 bridgehead atoms. The lowest BCUT2D eigenvalue weighted by Crippen LogP contribution is -2.44. The first-order chi connectivity index (χ1) is 7.58. The van der Waals surface area contributed by atoms with Gasteiger partial charge in [-0.2, -0.15) is 0 Å². The highest BCUT2D eigenvalue weighted by atomic mass is 32.2. The van der Waals surface area contributed by atoms with Gasteiger partial charge in [0.1, 0.15) is 0 Å². The van der Waals surface area contributed by atoms with E-state index in [0.717, 1.165) is 11.1 Å². The minimum atomic E-state index is -3.21. The summed E-state index contributed by atoms with van der Waals surface area (Å²) >= 11 is 0. The van der Waals surface area contributed by atoms with Crippen LogP contribution in [0, 0.1) is 6.92 Å². The quantitative estimate of drug-likeness (QED) is 0.710. The Kier molecular flexibility index (Phi) is 2.48. The van der Waals surface area contributed by atoms with Crippen molar-refractivity contribution >= 4 is 9.84 Å². The van der Waals surface area contributed by atoms with Gasteiger partial charge in [-0.3, -0.25) is 0 Å². The first kappa shape index (κ1) is 12.6. The maximum Gasteiger partial charge on any atom is 0.183 e. The van der Waals surface area contributed by atoms with Crippen molar-refractivity contribution in [3.8, 4) is 0 Å². The standard InChI is InChI=1S/C14H20O2S/c1-10-6-7-11-12(8-10)17(15,16)14(4,5)9-13(11,2)3/h6-8H,9H2,1-5H3. The molecule has 0 unspecified atom stereocenters. The predicted molar refractivity (Wildman–Crippen MR) is 70.1 cm³/mol. The lowest BCUT2D eigenvalue weighted by atomic mass is 9.77. The number of hydrogen-bond donors (Lipinski definition) is 0. The molecule has 0 N–H and O–H groups in total. The Balaban J connectivity index is 2.84.